The van der Waals surface area contributed by atoms with Gasteiger partial charge >= 0.3 is 0 Å². The van der Waals surface area contributed by atoms with Crippen molar-refractivity contribution in [2.24, 2.45) is 0 Å². The second kappa shape index (κ2) is 5.85. The molecule has 122 valence electrons. The molecule has 0 amide bonds. The number of hydrogen-bond donors (Lipinski definition) is 2. The van der Waals surface area contributed by atoms with E-state index in [9.17, 15) is 30.7 Å². The van der Waals surface area contributed by atoms with E-state index in [0.29, 0.717) is 11.1 Å². The number of benzene rings is 2. The Morgan fingerprint density at radius 2 is 1.30 bits per heavy atom. The summed E-state index contributed by atoms with van der Waals surface area (Å²) in [6, 6.07) is 7.79. The predicted molar refractivity (Wildman–Crippen MR) is 81.6 cm³/mol. The highest BCUT2D eigenvalue weighted by atomic mass is 32.2. The SMILES string of the molecule is Cc1ccc(-c2ccc(C=O)c(S(=O)(=O)O)c2)cc1S(=O)(=O)O. The highest BCUT2D eigenvalue weighted by molar-refractivity contribution is 7.86. The van der Waals surface area contributed by atoms with Crippen LogP contribution in [0, 0.1) is 6.92 Å². The van der Waals surface area contributed by atoms with E-state index in [2.05, 4.69) is 0 Å². The van der Waals surface area contributed by atoms with Gasteiger partial charge < -0.3 is 0 Å². The van der Waals surface area contributed by atoms with E-state index in [-0.39, 0.29) is 22.3 Å². The van der Waals surface area contributed by atoms with Gasteiger partial charge in [-0.3, -0.25) is 13.9 Å². The average molecular weight is 356 g/mol. The van der Waals surface area contributed by atoms with Crippen LogP contribution in [0.3, 0.4) is 0 Å². The molecule has 0 fully saturated rings. The molecule has 0 unspecified atom stereocenters. The lowest BCUT2D eigenvalue weighted by Gasteiger charge is -2.09. The van der Waals surface area contributed by atoms with Crippen molar-refractivity contribution < 1.29 is 30.7 Å². The largest absolute Gasteiger partial charge is 0.298 e. The van der Waals surface area contributed by atoms with E-state index in [1.54, 1.807) is 0 Å². The molecule has 0 aliphatic heterocycles. The van der Waals surface area contributed by atoms with Gasteiger partial charge in [0.1, 0.15) is 4.90 Å². The highest BCUT2D eigenvalue weighted by Crippen LogP contribution is 2.28. The molecule has 0 atom stereocenters. The van der Waals surface area contributed by atoms with Crippen LogP contribution in [0.5, 0.6) is 0 Å². The van der Waals surface area contributed by atoms with Crippen molar-refractivity contribution >= 4 is 26.5 Å². The van der Waals surface area contributed by atoms with Crippen LogP contribution in [0.1, 0.15) is 15.9 Å². The van der Waals surface area contributed by atoms with Crippen LogP contribution in [0.4, 0.5) is 0 Å². The van der Waals surface area contributed by atoms with Crippen molar-refractivity contribution in [3.8, 4) is 11.1 Å². The number of aldehydes is 1. The quantitative estimate of drug-likeness (QED) is 0.633. The summed E-state index contributed by atoms with van der Waals surface area (Å²) in [5.74, 6) is 0. The lowest BCUT2D eigenvalue weighted by molar-refractivity contribution is 0.112. The molecule has 2 N–H and O–H groups in total. The van der Waals surface area contributed by atoms with Gasteiger partial charge in [-0.1, -0.05) is 18.2 Å². The van der Waals surface area contributed by atoms with Crippen molar-refractivity contribution in [2.45, 2.75) is 16.7 Å². The van der Waals surface area contributed by atoms with E-state index in [0.717, 1.165) is 6.07 Å². The molecule has 0 saturated carbocycles. The molecular formula is C14H12O7S2. The Kier molecular flexibility index (Phi) is 4.40. The predicted octanol–water partition coefficient (Wildman–Crippen LogP) is 1.97. The summed E-state index contributed by atoms with van der Waals surface area (Å²) >= 11 is 0. The standard InChI is InChI=1S/C14H12O7S2/c1-9-2-3-10(6-13(9)22(16,17)18)11-4-5-12(8-15)14(7-11)23(19,20)21/h2-8H,1H3,(H,16,17,18)(H,19,20,21). The lowest BCUT2D eigenvalue weighted by atomic mass is 10.0. The lowest BCUT2D eigenvalue weighted by Crippen LogP contribution is -2.04. The van der Waals surface area contributed by atoms with Gasteiger partial charge in [0, 0.05) is 5.56 Å². The summed E-state index contributed by atoms with van der Waals surface area (Å²) in [6.07, 6.45) is 0.283. The molecule has 0 aliphatic rings. The monoisotopic (exact) mass is 356 g/mol. The van der Waals surface area contributed by atoms with Crippen LogP contribution in [0.15, 0.2) is 46.2 Å². The van der Waals surface area contributed by atoms with Gasteiger partial charge in [0.2, 0.25) is 0 Å². The number of aryl methyl sites for hydroxylation is 1. The molecule has 0 aliphatic carbocycles. The van der Waals surface area contributed by atoms with Gasteiger partial charge in [-0.15, -0.1) is 0 Å². The van der Waals surface area contributed by atoms with Gasteiger partial charge in [-0.05, 0) is 41.8 Å². The Labute approximate surface area is 133 Å². The molecule has 23 heavy (non-hydrogen) atoms. The Morgan fingerprint density at radius 1 is 0.826 bits per heavy atom. The molecular weight excluding hydrogens is 344 g/mol. The number of carbonyl (C=O) groups excluding carboxylic acids is 1. The van der Waals surface area contributed by atoms with Crippen LogP contribution >= 0.6 is 0 Å². The molecule has 2 rings (SSSR count). The number of carbonyl (C=O) groups is 1. The topological polar surface area (TPSA) is 126 Å². The normalized spacial score (nSPS) is 12.1. The van der Waals surface area contributed by atoms with Crippen molar-refractivity contribution in [1.82, 2.24) is 0 Å². The maximum absolute atomic E-state index is 11.3. The Balaban J connectivity index is 2.72. The first kappa shape index (κ1) is 17.3. The highest BCUT2D eigenvalue weighted by Gasteiger charge is 2.18. The molecule has 0 heterocycles. The van der Waals surface area contributed by atoms with Crippen LogP contribution in [0.25, 0.3) is 11.1 Å². The van der Waals surface area contributed by atoms with Crippen LogP contribution in [-0.2, 0) is 20.2 Å². The minimum Gasteiger partial charge on any atom is -0.298 e. The van der Waals surface area contributed by atoms with E-state index in [1.807, 2.05) is 0 Å². The van der Waals surface area contributed by atoms with Gasteiger partial charge in [0.25, 0.3) is 20.2 Å². The zero-order valence-corrected chi connectivity index (χ0v) is 13.4. The minimum absolute atomic E-state index is 0.224. The fourth-order valence-electron chi connectivity index (χ4n) is 2.09. The smallest absolute Gasteiger partial charge is 0.295 e. The van der Waals surface area contributed by atoms with Crippen LogP contribution in [0.2, 0.25) is 0 Å². The number of hydrogen-bond acceptors (Lipinski definition) is 5. The summed E-state index contributed by atoms with van der Waals surface area (Å²) in [6.45, 7) is 1.49. The third kappa shape index (κ3) is 3.64. The van der Waals surface area contributed by atoms with Gasteiger partial charge in [-0.2, -0.15) is 16.8 Å². The first-order valence-electron chi connectivity index (χ1n) is 6.19. The molecule has 2 aromatic carbocycles. The molecule has 9 heteroatoms. The molecule has 0 spiro atoms. The Hall–Kier alpha value is -2.07. The summed E-state index contributed by atoms with van der Waals surface area (Å²) < 4.78 is 63.7. The fraction of sp³-hybridized carbons (Fsp3) is 0.0714. The first-order chi connectivity index (χ1) is 10.5. The molecule has 7 nitrogen and oxygen atoms in total. The third-order valence-electron chi connectivity index (χ3n) is 3.22. The minimum atomic E-state index is -4.62. The molecule has 0 aromatic heterocycles. The van der Waals surface area contributed by atoms with E-state index >= 15 is 0 Å². The molecule has 2 aromatic rings. The van der Waals surface area contributed by atoms with Gasteiger partial charge in [-0.25, -0.2) is 0 Å². The van der Waals surface area contributed by atoms with Crippen LogP contribution in [-0.4, -0.2) is 32.2 Å². The average Bonchev–Trinajstić information content (AvgIpc) is 2.45. The second-order valence-electron chi connectivity index (χ2n) is 4.80. The zero-order valence-electron chi connectivity index (χ0n) is 11.8. The first-order valence-corrected chi connectivity index (χ1v) is 9.07. The van der Waals surface area contributed by atoms with Crippen molar-refractivity contribution in [3.63, 3.8) is 0 Å². The van der Waals surface area contributed by atoms with Gasteiger partial charge in [0.05, 0.1) is 4.90 Å². The Morgan fingerprint density at radius 3 is 1.78 bits per heavy atom. The zero-order chi connectivity index (χ0) is 17.4. The third-order valence-corrected chi connectivity index (χ3v) is 5.12. The maximum atomic E-state index is 11.3. The summed E-state index contributed by atoms with van der Waals surface area (Å²) in [5, 5.41) is 0. The summed E-state index contributed by atoms with van der Waals surface area (Å²) in [4.78, 5) is 9.96. The van der Waals surface area contributed by atoms with E-state index in [4.69, 9.17) is 0 Å². The van der Waals surface area contributed by atoms with E-state index in [1.165, 1.54) is 37.3 Å². The Bertz CT molecular complexity index is 990. The maximum Gasteiger partial charge on any atom is 0.295 e. The van der Waals surface area contributed by atoms with Crippen molar-refractivity contribution in [1.29, 1.82) is 0 Å². The second-order valence-corrected chi connectivity index (χ2v) is 7.58. The van der Waals surface area contributed by atoms with Crippen molar-refractivity contribution in [3.05, 3.63) is 47.5 Å². The molecule has 0 radical (unpaired) electrons. The van der Waals surface area contributed by atoms with Crippen molar-refractivity contribution in [2.75, 3.05) is 0 Å². The number of rotatable bonds is 4. The molecule has 0 bridgehead atoms. The fourth-order valence-corrected chi connectivity index (χ4v) is 3.53. The van der Waals surface area contributed by atoms with Gasteiger partial charge in [0.15, 0.2) is 6.29 Å². The summed E-state index contributed by atoms with van der Waals surface area (Å²) in [5.41, 5.74) is 0.646. The van der Waals surface area contributed by atoms with E-state index < -0.39 is 25.1 Å². The molecule has 0 saturated heterocycles. The van der Waals surface area contributed by atoms with Crippen LogP contribution < -0.4 is 0 Å². The summed E-state index contributed by atoms with van der Waals surface area (Å²) in [7, 11) is -9.06.